The molecular weight excluding hydrogens is 396 g/mol. The average molecular weight is 422 g/mol. The van der Waals surface area contributed by atoms with Gasteiger partial charge in [0.15, 0.2) is 0 Å². The van der Waals surface area contributed by atoms with Crippen molar-refractivity contribution >= 4 is 35.7 Å². The van der Waals surface area contributed by atoms with E-state index < -0.39 is 0 Å². The topological polar surface area (TPSA) is 141 Å². The van der Waals surface area contributed by atoms with Gasteiger partial charge in [-0.05, 0) is 99.5 Å². The molecule has 0 radical (unpaired) electrons. The molecule has 31 heavy (non-hydrogen) atoms. The summed E-state index contributed by atoms with van der Waals surface area (Å²) in [6.07, 6.45) is 4.34. The first-order valence-corrected chi connectivity index (χ1v) is 8.95. The third-order valence-electron chi connectivity index (χ3n) is 4.91. The summed E-state index contributed by atoms with van der Waals surface area (Å²) in [5, 5.41) is 10.8. The highest BCUT2D eigenvalue weighted by Crippen LogP contribution is 2.25. The molecule has 8 nitrogen and oxygen atoms in total. The lowest BCUT2D eigenvalue weighted by atomic mass is 9.90. The number of hydrogen-bond donors (Lipinski definition) is 2. The second kappa shape index (κ2) is 15.8. The van der Waals surface area contributed by atoms with Gasteiger partial charge in [-0.15, -0.1) is 0 Å². The molecule has 0 heterocycles. The molecule has 0 fully saturated rings. The van der Waals surface area contributed by atoms with Crippen molar-refractivity contribution in [2.75, 3.05) is 0 Å². The van der Waals surface area contributed by atoms with Crippen molar-refractivity contribution in [2.45, 2.75) is 48.5 Å². The molecule has 0 bridgehead atoms. The van der Waals surface area contributed by atoms with E-state index in [1.165, 1.54) is 51.6 Å². The first kappa shape index (κ1) is 29.2. The van der Waals surface area contributed by atoms with Crippen molar-refractivity contribution in [3.63, 3.8) is 0 Å². The molecule has 0 amide bonds. The predicted molar refractivity (Wildman–Crippen MR) is 118 cm³/mol. The normalized spacial score (nSPS) is 8.10. The van der Waals surface area contributed by atoms with E-state index in [4.69, 9.17) is 20.4 Å². The summed E-state index contributed by atoms with van der Waals surface area (Å²) in [7, 11) is 0. The van der Waals surface area contributed by atoms with E-state index in [1.54, 1.807) is 19.1 Å². The highest BCUT2D eigenvalue weighted by atomic mass is 16.1. The summed E-state index contributed by atoms with van der Waals surface area (Å²) >= 11 is 0. The zero-order valence-electron chi connectivity index (χ0n) is 18.8. The van der Waals surface area contributed by atoms with Crippen LogP contribution in [0.3, 0.4) is 0 Å². The summed E-state index contributed by atoms with van der Waals surface area (Å²) in [6, 6.07) is 4.88. The van der Waals surface area contributed by atoms with E-state index >= 15 is 0 Å². The van der Waals surface area contributed by atoms with Gasteiger partial charge in [-0.25, -0.2) is 30.0 Å². The highest BCUT2D eigenvalue weighted by molar-refractivity contribution is 5.61. The van der Waals surface area contributed by atoms with Gasteiger partial charge in [0.2, 0.25) is 24.3 Å². The second-order valence-electron chi connectivity index (χ2n) is 6.33. The summed E-state index contributed by atoms with van der Waals surface area (Å²) in [6.45, 7) is 15.1. The SMILES string of the molecule is Cc1c(C)c(C)c(C)c(C)c1C.Cc1ccc(N=C=O)cc1N=C=O.N=C=O.N=C=O. The molecule has 0 aliphatic heterocycles. The number of benzene rings is 2. The van der Waals surface area contributed by atoms with Crippen LogP contribution in [0.25, 0.3) is 0 Å². The minimum absolute atomic E-state index is 0.426. The van der Waals surface area contributed by atoms with Gasteiger partial charge in [-0.1, -0.05) is 6.07 Å². The molecule has 2 aromatic carbocycles. The number of rotatable bonds is 2. The van der Waals surface area contributed by atoms with E-state index in [2.05, 4.69) is 51.5 Å². The first-order chi connectivity index (χ1) is 14.6. The molecule has 0 aromatic heterocycles. The summed E-state index contributed by atoms with van der Waals surface area (Å²) < 4.78 is 0. The minimum atomic E-state index is 0.426. The Balaban J connectivity index is 0. The maximum absolute atomic E-state index is 10.00. The second-order valence-corrected chi connectivity index (χ2v) is 6.33. The highest BCUT2D eigenvalue weighted by Gasteiger charge is 2.07. The van der Waals surface area contributed by atoms with Crippen LogP contribution in [0, 0.1) is 59.3 Å². The number of nitrogens with zero attached hydrogens (tertiary/aromatic N) is 2. The fourth-order valence-electron chi connectivity index (χ4n) is 2.58. The zero-order chi connectivity index (χ0) is 24.6. The lowest BCUT2D eigenvalue weighted by molar-refractivity contribution is 0.562. The Morgan fingerprint density at radius 2 is 0.935 bits per heavy atom. The Morgan fingerprint density at radius 1 is 0.613 bits per heavy atom. The van der Waals surface area contributed by atoms with Gasteiger partial charge in [0, 0.05) is 0 Å². The Labute approximate surface area is 181 Å². The van der Waals surface area contributed by atoms with Gasteiger partial charge in [0.05, 0.1) is 11.4 Å². The zero-order valence-corrected chi connectivity index (χ0v) is 18.8. The molecule has 2 aromatic rings. The lowest BCUT2D eigenvalue weighted by Gasteiger charge is -2.15. The van der Waals surface area contributed by atoms with Crippen molar-refractivity contribution in [1.29, 1.82) is 10.8 Å². The number of hydrogen-bond acceptors (Lipinski definition) is 8. The van der Waals surface area contributed by atoms with E-state index in [0.717, 1.165) is 17.7 Å². The van der Waals surface area contributed by atoms with Crippen LogP contribution < -0.4 is 0 Å². The largest absolute Gasteiger partial charge is 0.240 e. The molecule has 162 valence electrons. The van der Waals surface area contributed by atoms with E-state index in [9.17, 15) is 9.59 Å². The number of aliphatic imine (C=N–C) groups is 2. The van der Waals surface area contributed by atoms with Gasteiger partial charge in [0.1, 0.15) is 0 Å². The van der Waals surface area contributed by atoms with Gasteiger partial charge >= 0.3 is 0 Å². The van der Waals surface area contributed by atoms with Crippen molar-refractivity contribution in [3.8, 4) is 0 Å². The molecule has 0 saturated heterocycles. The Bertz CT molecular complexity index is 948. The molecule has 2 rings (SSSR count). The van der Waals surface area contributed by atoms with E-state index in [1.807, 2.05) is 0 Å². The quantitative estimate of drug-likeness (QED) is 0.502. The van der Waals surface area contributed by atoms with Crippen molar-refractivity contribution < 1.29 is 19.2 Å². The van der Waals surface area contributed by atoms with Crippen LogP contribution in [0.2, 0.25) is 0 Å². The molecule has 0 unspecified atom stereocenters. The lowest BCUT2D eigenvalue weighted by Crippen LogP contribution is -1.98. The standard InChI is InChI=1S/C12H18.C9H6N2O2.2CHNO/c1-7-8(2)10(4)12(6)11(5)9(7)3;1-7-2-3-8(10-5-12)4-9(7)11-6-13;2*2-1-3/h1-6H3;2-4H,1H3;2*2H. The number of isocyanates is 4. The predicted octanol–water partition coefficient (Wildman–Crippen LogP) is 5.27. The van der Waals surface area contributed by atoms with Crippen LogP contribution in [0.15, 0.2) is 28.2 Å². The van der Waals surface area contributed by atoms with Gasteiger partial charge in [-0.2, -0.15) is 9.98 Å². The molecule has 0 saturated carbocycles. The van der Waals surface area contributed by atoms with Gasteiger partial charge < -0.3 is 0 Å². The molecule has 2 N–H and O–H groups in total. The molecule has 0 atom stereocenters. The average Bonchev–Trinajstić information content (AvgIpc) is 2.74. The summed E-state index contributed by atoms with van der Waals surface area (Å²) in [5.74, 6) is 0. The molecule has 0 aliphatic rings. The Morgan fingerprint density at radius 3 is 1.23 bits per heavy atom. The van der Waals surface area contributed by atoms with Crippen molar-refractivity contribution in [3.05, 3.63) is 57.1 Å². The maximum atomic E-state index is 10.00. The fraction of sp³-hybridized carbons (Fsp3) is 0.304. The number of aryl methyl sites for hydroxylation is 1. The van der Waals surface area contributed by atoms with Gasteiger partial charge in [-0.3, -0.25) is 0 Å². The number of nitrogens with one attached hydrogen (secondary N) is 2. The monoisotopic (exact) mass is 422 g/mol. The van der Waals surface area contributed by atoms with Crippen molar-refractivity contribution in [1.82, 2.24) is 0 Å². The fourth-order valence-corrected chi connectivity index (χ4v) is 2.58. The van der Waals surface area contributed by atoms with E-state index in [0.29, 0.717) is 11.4 Å². The Hall–Kier alpha value is -4.04. The van der Waals surface area contributed by atoms with Crippen molar-refractivity contribution in [2.24, 2.45) is 9.98 Å². The Kier molecular flexibility index (Phi) is 14.9. The van der Waals surface area contributed by atoms with Crippen LogP contribution in [0.5, 0.6) is 0 Å². The van der Waals surface area contributed by atoms with E-state index in [-0.39, 0.29) is 0 Å². The van der Waals surface area contributed by atoms with Gasteiger partial charge in [0.25, 0.3) is 0 Å². The van der Waals surface area contributed by atoms with Crippen LogP contribution >= 0.6 is 0 Å². The maximum Gasteiger partial charge on any atom is 0.240 e. The molecule has 0 aliphatic carbocycles. The third kappa shape index (κ3) is 9.82. The van der Waals surface area contributed by atoms with Crippen LogP contribution in [-0.4, -0.2) is 24.3 Å². The molecule has 0 spiro atoms. The molecule has 8 heteroatoms. The van der Waals surface area contributed by atoms with Crippen LogP contribution in [-0.2, 0) is 19.2 Å². The number of carbonyl (C=O) groups excluding carboxylic acids is 4. The minimum Gasteiger partial charge on any atom is -0.222 e. The van der Waals surface area contributed by atoms with Crippen LogP contribution in [0.1, 0.15) is 38.9 Å². The first-order valence-electron chi connectivity index (χ1n) is 8.95. The van der Waals surface area contributed by atoms with Crippen LogP contribution in [0.4, 0.5) is 11.4 Å². The summed E-state index contributed by atoms with van der Waals surface area (Å²) in [5.41, 5.74) is 10.4. The third-order valence-corrected chi connectivity index (χ3v) is 4.91. The smallest absolute Gasteiger partial charge is 0.222 e. The molecular formula is C23H26N4O4. The summed E-state index contributed by atoms with van der Waals surface area (Å²) in [4.78, 5) is 43.5.